The number of anilines is 1. The topological polar surface area (TPSA) is 94.6 Å². The van der Waals surface area contributed by atoms with Crippen LogP contribution in [0.2, 0.25) is 0 Å². The first-order valence-corrected chi connectivity index (χ1v) is 7.33. The Hall–Kier alpha value is -3.56. The van der Waals surface area contributed by atoms with E-state index in [4.69, 9.17) is 10.2 Å². The number of carbonyl (C=O) groups is 2. The Morgan fingerprint density at radius 2 is 1.85 bits per heavy atom. The Morgan fingerprint density at radius 1 is 1.11 bits per heavy atom. The van der Waals surface area contributed by atoms with Gasteiger partial charge in [0.05, 0.1) is 0 Å². The first-order chi connectivity index (χ1) is 12.6. The molecule has 27 heavy (non-hydrogen) atoms. The van der Waals surface area contributed by atoms with Crippen molar-refractivity contribution in [3.63, 3.8) is 0 Å². The third kappa shape index (κ3) is 4.00. The summed E-state index contributed by atoms with van der Waals surface area (Å²) in [5, 5.41) is 2.38. The zero-order chi connectivity index (χ0) is 19.8. The van der Waals surface area contributed by atoms with E-state index in [1.54, 1.807) is 0 Å². The van der Waals surface area contributed by atoms with E-state index in [9.17, 15) is 27.2 Å². The normalized spacial score (nSPS) is 11.4. The lowest BCUT2D eigenvalue weighted by Gasteiger charge is -2.10. The van der Waals surface area contributed by atoms with Crippen molar-refractivity contribution in [2.24, 2.45) is 5.73 Å². The number of nitrogens with two attached hydrogens (primary N) is 1. The molecule has 0 fully saturated rings. The van der Waals surface area contributed by atoms with Gasteiger partial charge in [0.2, 0.25) is 5.76 Å². The summed E-state index contributed by atoms with van der Waals surface area (Å²) in [6.07, 6.45) is -4.92. The smallest absolute Gasteiger partial charge is 0.449 e. The van der Waals surface area contributed by atoms with Crippen molar-refractivity contribution < 1.29 is 36.3 Å². The minimum absolute atomic E-state index is 0.0693. The molecule has 0 aliphatic heterocycles. The summed E-state index contributed by atoms with van der Waals surface area (Å²) in [6, 6.07) is 7.62. The zero-order valence-electron chi connectivity index (χ0n) is 13.3. The Morgan fingerprint density at radius 3 is 2.52 bits per heavy atom. The molecule has 6 nitrogen and oxygen atoms in total. The number of halogens is 4. The predicted octanol–water partition coefficient (Wildman–Crippen LogP) is 3.82. The fourth-order valence-electron chi connectivity index (χ4n) is 2.39. The highest BCUT2D eigenvalue weighted by Gasteiger charge is 2.31. The third-order valence-electron chi connectivity index (χ3n) is 3.44. The molecule has 3 N–H and O–H groups in total. The van der Waals surface area contributed by atoms with E-state index in [1.165, 1.54) is 18.2 Å². The molecule has 0 aliphatic carbocycles. The number of amides is 2. The van der Waals surface area contributed by atoms with Gasteiger partial charge in [-0.15, -0.1) is 13.2 Å². The van der Waals surface area contributed by atoms with Crippen LogP contribution in [0, 0.1) is 5.82 Å². The average molecular weight is 382 g/mol. The van der Waals surface area contributed by atoms with Crippen molar-refractivity contribution in [1.29, 1.82) is 0 Å². The molecule has 2 amide bonds. The largest absolute Gasteiger partial charge is 0.573 e. The van der Waals surface area contributed by atoms with Crippen LogP contribution in [0.4, 0.5) is 23.2 Å². The standard InChI is InChI=1S/C17H10F4N2O4/c18-9-4-5-12-11(7-9)13(14(26-12)15(22)24)23-16(25)8-2-1-3-10(6-8)27-17(19,20)21/h1-7H,(H2,22,24)(H,23,25). The maximum atomic E-state index is 13.5. The van der Waals surface area contributed by atoms with Crippen LogP contribution >= 0.6 is 0 Å². The van der Waals surface area contributed by atoms with Gasteiger partial charge in [-0.25, -0.2) is 4.39 Å². The van der Waals surface area contributed by atoms with Crippen molar-refractivity contribution in [2.45, 2.75) is 6.36 Å². The molecule has 3 rings (SSSR count). The lowest BCUT2D eigenvalue weighted by molar-refractivity contribution is -0.274. The Labute approximate surface area is 148 Å². The average Bonchev–Trinajstić information content (AvgIpc) is 2.91. The summed E-state index contributed by atoms with van der Waals surface area (Å²) in [4.78, 5) is 23.9. The van der Waals surface area contributed by atoms with E-state index in [-0.39, 0.29) is 22.2 Å². The van der Waals surface area contributed by atoms with E-state index in [2.05, 4.69) is 10.1 Å². The van der Waals surface area contributed by atoms with Gasteiger partial charge in [-0.05, 0) is 36.4 Å². The molecule has 0 unspecified atom stereocenters. The Kier molecular flexibility index (Phi) is 4.48. The highest BCUT2D eigenvalue weighted by molar-refractivity contribution is 6.14. The number of ether oxygens (including phenoxy) is 1. The highest BCUT2D eigenvalue weighted by atomic mass is 19.4. The van der Waals surface area contributed by atoms with Gasteiger partial charge in [0, 0.05) is 10.9 Å². The van der Waals surface area contributed by atoms with Gasteiger partial charge in [0.15, 0.2) is 0 Å². The van der Waals surface area contributed by atoms with E-state index in [0.29, 0.717) is 0 Å². The van der Waals surface area contributed by atoms with E-state index >= 15 is 0 Å². The molecule has 0 spiro atoms. The second-order valence-corrected chi connectivity index (χ2v) is 5.34. The van der Waals surface area contributed by atoms with Crippen LogP contribution in [-0.4, -0.2) is 18.2 Å². The number of rotatable bonds is 4. The van der Waals surface area contributed by atoms with Crippen molar-refractivity contribution in [2.75, 3.05) is 5.32 Å². The second kappa shape index (κ2) is 6.63. The number of fused-ring (bicyclic) bond motifs is 1. The summed E-state index contributed by atoms with van der Waals surface area (Å²) in [6.45, 7) is 0. The Balaban J connectivity index is 1.97. The van der Waals surface area contributed by atoms with Crippen molar-refractivity contribution >= 4 is 28.5 Å². The third-order valence-corrected chi connectivity index (χ3v) is 3.44. The summed E-state index contributed by atoms with van der Waals surface area (Å²) >= 11 is 0. The summed E-state index contributed by atoms with van der Waals surface area (Å²) in [5.41, 5.74) is 4.91. The molecule has 10 heteroatoms. The fourth-order valence-corrected chi connectivity index (χ4v) is 2.39. The molecule has 0 saturated heterocycles. The molecule has 2 aromatic carbocycles. The first-order valence-electron chi connectivity index (χ1n) is 7.33. The van der Waals surface area contributed by atoms with Gasteiger partial charge in [-0.2, -0.15) is 0 Å². The quantitative estimate of drug-likeness (QED) is 0.671. The van der Waals surface area contributed by atoms with Crippen LogP contribution in [-0.2, 0) is 0 Å². The molecule has 1 heterocycles. The molecule has 0 atom stereocenters. The first kappa shape index (κ1) is 18.2. The monoisotopic (exact) mass is 382 g/mol. The molecule has 3 aromatic rings. The van der Waals surface area contributed by atoms with Gasteiger partial charge in [0.25, 0.3) is 11.8 Å². The molecular weight excluding hydrogens is 372 g/mol. The van der Waals surface area contributed by atoms with Crippen LogP contribution in [0.5, 0.6) is 5.75 Å². The van der Waals surface area contributed by atoms with Crippen LogP contribution in [0.15, 0.2) is 46.9 Å². The molecule has 0 bridgehead atoms. The van der Waals surface area contributed by atoms with Crippen molar-refractivity contribution in [3.05, 3.63) is 59.6 Å². The highest BCUT2D eigenvalue weighted by Crippen LogP contribution is 2.32. The number of hydrogen-bond donors (Lipinski definition) is 2. The number of furan rings is 1. The SMILES string of the molecule is NC(=O)c1oc2ccc(F)cc2c1NC(=O)c1cccc(OC(F)(F)F)c1. The van der Waals surface area contributed by atoms with Crippen molar-refractivity contribution in [1.82, 2.24) is 0 Å². The maximum Gasteiger partial charge on any atom is 0.573 e. The van der Waals surface area contributed by atoms with Crippen LogP contribution in [0.3, 0.4) is 0 Å². The number of primary amides is 1. The second-order valence-electron chi connectivity index (χ2n) is 5.34. The van der Waals surface area contributed by atoms with E-state index in [1.807, 2.05) is 0 Å². The van der Waals surface area contributed by atoms with Crippen LogP contribution in [0.1, 0.15) is 20.9 Å². The van der Waals surface area contributed by atoms with Crippen molar-refractivity contribution in [3.8, 4) is 5.75 Å². The molecular formula is C17H10F4N2O4. The minimum Gasteiger partial charge on any atom is -0.449 e. The molecule has 0 radical (unpaired) electrons. The van der Waals surface area contributed by atoms with Gasteiger partial charge in [0.1, 0.15) is 22.8 Å². The predicted molar refractivity (Wildman–Crippen MR) is 85.8 cm³/mol. The minimum atomic E-state index is -4.92. The van der Waals surface area contributed by atoms with Crippen LogP contribution in [0.25, 0.3) is 11.0 Å². The lowest BCUT2D eigenvalue weighted by Crippen LogP contribution is -2.19. The zero-order valence-corrected chi connectivity index (χ0v) is 13.3. The fraction of sp³-hybridized carbons (Fsp3) is 0.0588. The van der Waals surface area contributed by atoms with Gasteiger partial charge < -0.3 is 20.2 Å². The molecule has 1 aromatic heterocycles. The summed E-state index contributed by atoms with van der Waals surface area (Å²) in [5.74, 6) is -3.58. The summed E-state index contributed by atoms with van der Waals surface area (Å²) in [7, 11) is 0. The number of hydrogen-bond acceptors (Lipinski definition) is 4. The molecule has 0 saturated carbocycles. The van der Waals surface area contributed by atoms with Crippen LogP contribution < -0.4 is 15.8 Å². The van der Waals surface area contributed by atoms with Gasteiger partial charge in [-0.3, -0.25) is 9.59 Å². The lowest BCUT2D eigenvalue weighted by atomic mass is 10.1. The molecule has 0 aliphatic rings. The molecule has 140 valence electrons. The number of benzene rings is 2. The van der Waals surface area contributed by atoms with Gasteiger partial charge >= 0.3 is 6.36 Å². The number of nitrogens with one attached hydrogen (secondary N) is 1. The Bertz CT molecular complexity index is 1040. The van der Waals surface area contributed by atoms with E-state index in [0.717, 1.165) is 24.3 Å². The number of carbonyl (C=O) groups excluding carboxylic acids is 2. The summed E-state index contributed by atoms with van der Waals surface area (Å²) < 4.78 is 59.4. The van der Waals surface area contributed by atoms with Gasteiger partial charge in [-0.1, -0.05) is 6.07 Å². The maximum absolute atomic E-state index is 13.5. The van der Waals surface area contributed by atoms with E-state index < -0.39 is 35.5 Å². The number of alkyl halides is 3.